The molecule has 0 aromatic carbocycles. The molecular formula is C17H22N2O3. The Morgan fingerprint density at radius 3 is 2.45 bits per heavy atom. The number of nitrogens with zero attached hydrogens (tertiary/aromatic N) is 1. The number of hydrogen-bond donors (Lipinski definition) is 1. The average Bonchev–Trinajstić information content (AvgIpc) is 2.96. The first-order chi connectivity index (χ1) is 10.6. The molecule has 2 N–H and O–H groups in total. The third-order valence-corrected chi connectivity index (χ3v) is 5.65. The van der Waals surface area contributed by atoms with Crippen molar-refractivity contribution in [3.05, 3.63) is 24.2 Å². The van der Waals surface area contributed by atoms with E-state index in [4.69, 9.17) is 15.0 Å². The van der Waals surface area contributed by atoms with Crippen molar-refractivity contribution in [3.63, 3.8) is 0 Å². The highest BCUT2D eigenvalue weighted by atomic mass is 16.7. The topological polar surface area (TPSA) is 77.8 Å². The summed E-state index contributed by atoms with van der Waals surface area (Å²) < 4.78 is 5.21. The Bertz CT molecular complexity index is 556. The number of nitrogens with two attached hydrogens (primary N) is 1. The Kier molecular flexibility index (Phi) is 3.24. The highest BCUT2D eigenvalue weighted by Crippen LogP contribution is 2.60. The lowest BCUT2D eigenvalue weighted by Gasteiger charge is -2.54. The minimum Gasteiger partial charge on any atom is -0.469 e. The van der Waals surface area contributed by atoms with Crippen LogP contribution >= 0.6 is 0 Å². The summed E-state index contributed by atoms with van der Waals surface area (Å²) in [6.45, 7) is 0. The number of hydrogen-bond acceptors (Lipinski definition) is 4. The second kappa shape index (κ2) is 5.14. The maximum absolute atomic E-state index is 12.6. The molecule has 0 radical (unpaired) electrons. The van der Waals surface area contributed by atoms with Crippen LogP contribution in [0, 0.1) is 23.2 Å². The number of rotatable bonds is 4. The molecule has 4 fully saturated rings. The van der Waals surface area contributed by atoms with Crippen LogP contribution in [0.5, 0.6) is 0 Å². The van der Waals surface area contributed by atoms with Crippen LogP contribution in [0.25, 0.3) is 0 Å². The molecule has 1 aromatic heterocycles. The van der Waals surface area contributed by atoms with Crippen molar-refractivity contribution >= 4 is 11.8 Å². The number of carbonyl (C=O) groups is 1. The Labute approximate surface area is 129 Å². The van der Waals surface area contributed by atoms with Crippen molar-refractivity contribution in [2.24, 2.45) is 34.1 Å². The van der Waals surface area contributed by atoms with Gasteiger partial charge in [-0.25, -0.2) is 4.79 Å². The van der Waals surface area contributed by atoms with E-state index in [9.17, 15) is 4.79 Å². The van der Waals surface area contributed by atoms with E-state index in [0.29, 0.717) is 29.9 Å². The van der Waals surface area contributed by atoms with Gasteiger partial charge in [0.1, 0.15) is 11.6 Å². The lowest BCUT2D eigenvalue weighted by Crippen LogP contribution is -2.50. The fraction of sp³-hybridized carbons (Fsp3) is 0.647. The summed E-state index contributed by atoms with van der Waals surface area (Å²) in [5.74, 6) is 2.95. The maximum Gasteiger partial charge on any atom is 0.341 e. The van der Waals surface area contributed by atoms with Crippen molar-refractivity contribution in [2.45, 2.75) is 44.9 Å². The molecular weight excluding hydrogens is 280 g/mol. The fourth-order valence-electron chi connectivity index (χ4n) is 5.18. The van der Waals surface area contributed by atoms with E-state index in [2.05, 4.69) is 5.16 Å². The average molecular weight is 302 g/mol. The van der Waals surface area contributed by atoms with Gasteiger partial charge in [0.15, 0.2) is 0 Å². The minimum atomic E-state index is -0.288. The zero-order valence-electron chi connectivity index (χ0n) is 12.7. The number of oxime groups is 1. The summed E-state index contributed by atoms with van der Waals surface area (Å²) in [5.41, 5.74) is 5.53. The predicted molar refractivity (Wildman–Crippen MR) is 80.7 cm³/mol. The number of furan rings is 1. The molecule has 0 spiro atoms. The van der Waals surface area contributed by atoms with Crippen LogP contribution in [0.2, 0.25) is 0 Å². The molecule has 22 heavy (non-hydrogen) atoms. The van der Waals surface area contributed by atoms with Gasteiger partial charge in [-0.3, -0.25) is 0 Å². The molecule has 4 aliphatic rings. The smallest absolute Gasteiger partial charge is 0.341 e. The van der Waals surface area contributed by atoms with Gasteiger partial charge in [-0.05, 0) is 68.4 Å². The Morgan fingerprint density at radius 1 is 1.27 bits per heavy atom. The van der Waals surface area contributed by atoms with Gasteiger partial charge in [0.05, 0.1) is 18.1 Å². The van der Waals surface area contributed by atoms with Crippen molar-refractivity contribution in [1.82, 2.24) is 0 Å². The summed E-state index contributed by atoms with van der Waals surface area (Å²) in [4.78, 5) is 17.8. The summed E-state index contributed by atoms with van der Waals surface area (Å²) in [6, 6.07) is 3.62. The van der Waals surface area contributed by atoms with Crippen LogP contribution in [-0.4, -0.2) is 11.8 Å². The lowest BCUT2D eigenvalue weighted by atomic mass is 9.49. The zero-order valence-corrected chi connectivity index (χ0v) is 12.7. The Hall–Kier alpha value is -1.78. The van der Waals surface area contributed by atoms with E-state index >= 15 is 0 Å². The molecule has 0 unspecified atom stereocenters. The third-order valence-electron chi connectivity index (χ3n) is 5.65. The first-order valence-corrected chi connectivity index (χ1v) is 8.19. The molecule has 1 aromatic rings. The largest absolute Gasteiger partial charge is 0.469 e. The molecule has 4 aliphatic carbocycles. The normalized spacial score (nSPS) is 36.5. The summed E-state index contributed by atoms with van der Waals surface area (Å²) in [5, 5.41) is 3.84. The van der Waals surface area contributed by atoms with Crippen molar-refractivity contribution in [1.29, 1.82) is 0 Å². The lowest BCUT2D eigenvalue weighted by molar-refractivity contribution is -0.171. The molecule has 0 atom stereocenters. The van der Waals surface area contributed by atoms with Gasteiger partial charge in [0.25, 0.3) is 0 Å². The second-order valence-corrected chi connectivity index (χ2v) is 7.42. The van der Waals surface area contributed by atoms with Crippen LogP contribution in [0.1, 0.15) is 44.3 Å². The van der Waals surface area contributed by atoms with E-state index < -0.39 is 0 Å². The molecule has 5 nitrogen and oxygen atoms in total. The first kappa shape index (κ1) is 13.9. The molecule has 5 rings (SSSR count). The van der Waals surface area contributed by atoms with Crippen LogP contribution in [-0.2, 0) is 16.1 Å². The third kappa shape index (κ3) is 2.42. The van der Waals surface area contributed by atoms with Crippen LogP contribution in [0.15, 0.2) is 28.0 Å². The van der Waals surface area contributed by atoms with E-state index in [1.165, 1.54) is 19.3 Å². The zero-order chi connectivity index (χ0) is 15.2. The van der Waals surface area contributed by atoms with Gasteiger partial charge in [0, 0.05) is 0 Å². The van der Waals surface area contributed by atoms with Crippen molar-refractivity contribution in [3.8, 4) is 0 Å². The summed E-state index contributed by atoms with van der Waals surface area (Å²) in [7, 11) is 0. The summed E-state index contributed by atoms with van der Waals surface area (Å²) in [6.07, 6.45) is 8.79. The second-order valence-electron chi connectivity index (χ2n) is 7.42. The molecule has 4 bridgehead atoms. The molecule has 118 valence electrons. The monoisotopic (exact) mass is 302 g/mol. The fourth-order valence-corrected chi connectivity index (χ4v) is 5.18. The summed E-state index contributed by atoms with van der Waals surface area (Å²) >= 11 is 0. The molecule has 1 heterocycles. The number of carbonyl (C=O) groups excluding carboxylic acids is 1. The Balaban J connectivity index is 1.42. The SMILES string of the molecule is N/C(Cc1ccco1)=N\OC(=O)C12CC3CC(CC(C3)C1)C2. The molecule has 0 saturated heterocycles. The van der Waals surface area contributed by atoms with Crippen LogP contribution in [0.4, 0.5) is 0 Å². The minimum absolute atomic E-state index is 0.172. The van der Waals surface area contributed by atoms with Gasteiger partial charge in [0.2, 0.25) is 0 Å². The van der Waals surface area contributed by atoms with E-state index in [-0.39, 0.29) is 17.2 Å². The van der Waals surface area contributed by atoms with E-state index in [1.807, 2.05) is 6.07 Å². The van der Waals surface area contributed by atoms with Crippen LogP contribution < -0.4 is 5.73 Å². The van der Waals surface area contributed by atoms with Gasteiger partial charge in [-0.2, -0.15) is 0 Å². The maximum atomic E-state index is 12.6. The van der Waals surface area contributed by atoms with Gasteiger partial charge >= 0.3 is 5.97 Å². The standard InChI is InChI=1S/C17H22N2O3/c18-15(7-14-2-1-3-21-14)19-22-16(20)17-8-11-4-12(9-17)6-13(5-11)10-17/h1-3,11-13H,4-10H2,(H2,18,19). The van der Waals surface area contributed by atoms with E-state index in [0.717, 1.165) is 19.3 Å². The Morgan fingerprint density at radius 2 is 1.91 bits per heavy atom. The first-order valence-electron chi connectivity index (χ1n) is 8.19. The molecule has 0 aliphatic heterocycles. The quantitative estimate of drug-likeness (QED) is 0.401. The molecule has 0 amide bonds. The van der Waals surface area contributed by atoms with Gasteiger partial charge in [-0.1, -0.05) is 5.16 Å². The highest BCUT2D eigenvalue weighted by molar-refractivity contribution is 5.83. The van der Waals surface area contributed by atoms with E-state index in [1.54, 1.807) is 12.3 Å². The molecule has 5 heteroatoms. The predicted octanol–water partition coefficient (Wildman–Crippen LogP) is 2.85. The van der Waals surface area contributed by atoms with Crippen LogP contribution in [0.3, 0.4) is 0 Å². The number of amidine groups is 1. The van der Waals surface area contributed by atoms with Gasteiger partial charge in [-0.15, -0.1) is 0 Å². The van der Waals surface area contributed by atoms with Crippen molar-refractivity contribution < 1.29 is 14.0 Å². The highest BCUT2D eigenvalue weighted by Gasteiger charge is 2.55. The van der Waals surface area contributed by atoms with Gasteiger partial charge < -0.3 is 15.0 Å². The molecule has 4 saturated carbocycles. The van der Waals surface area contributed by atoms with Crippen molar-refractivity contribution in [2.75, 3.05) is 0 Å².